The number of fused-ring (bicyclic) bond motifs is 4. The molecule has 5 nitrogen and oxygen atoms in total. The summed E-state index contributed by atoms with van der Waals surface area (Å²) in [4.78, 5) is 12.1. The Labute approximate surface area is 143 Å². The zero-order valence-corrected chi connectivity index (χ0v) is 14.2. The maximum atomic E-state index is 5.48. The summed E-state index contributed by atoms with van der Waals surface area (Å²) in [7, 11) is 0. The summed E-state index contributed by atoms with van der Waals surface area (Å²) in [5.41, 5.74) is 2.39. The zero-order valence-electron chi connectivity index (χ0n) is 13.4. The molecule has 1 aromatic carbocycles. The summed E-state index contributed by atoms with van der Waals surface area (Å²) in [6.45, 7) is 2.38. The van der Waals surface area contributed by atoms with E-state index in [9.17, 15) is 0 Å². The molecule has 0 saturated heterocycles. The predicted octanol–water partition coefficient (Wildman–Crippen LogP) is 4.21. The molecule has 0 radical (unpaired) electrons. The minimum Gasteiger partial charge on any atom is -0.454 e. The number of aromatic nitrogens is 2. The van der Waals surface area contributed by atoms with Gasteiger partial charge in [0.2, 0.25) is 6.79 Å². The average Bonchev–Trinajstić information content (AvgIpc) is 3.28. The van der Waals surface area contributed by atoms with Gasteiger partial charge in [0.1, 0.15) is 16.5 Å². The van der Waals surface area contributed by atoms with Crippen molar-refractivity contribution in [2.75, 3.05) is 12.1 Å². The lowest BCUT2D eigenvalue weighted by Crippen LogP contribution is -2.01. The van der Waals surface area contributed by atoms with Crippen molar-refractivity contribution in [2.24, 2.45) is 0 Å². The van der Waals surface area contributed by atoms with E-state index in [-0.39, 0.29) is 6.79 Å². The van der Waals surface area contributed by atoms with Crippen molar-refractivity contribution >= 4 is 33.1 Å². The number of hydrogen-bond donors (Lipinski definition) is 1. The summed E-state index contributed by atoms with van der Waals surface area (Å²) in [5.74, 6) is 3.36. The largest absolute Gasteiger partial charge is 0.454 e. The van der Waals surface area contributed by atoms with Crippen LogP contribution >= 0.6 is 11.3 Å². The van der Waals surface area contributed by atoms with Crippen molar-refractivity contribution in [3.63, 3.8) is 0 Å². The van der Waals surface area contributed by atoms with E-state index < -0.39 is 0 Å². The van der Waals surface area contributed by atoms with Crippen LogP contribution in [0.15, 0.2) is 18.2 Å². The van der Waals surface area contributed by atoms with Crippen LogP contribution in [0.25, 0.3) is 10.2 Å². The highest BCUT2D eigenvalue weighted by Gasteiger charge is 2.22. The molecule has 0 fully saturated rings. The first kappa shape index (κ1) is 14.0. The van der Waals surface area contributed by atoms with Crippen molar-refractivity contribution in [3.05, 3.63) is 34.5 Å². The number of rotatable bonds is 3. The number of nitrogens with one attached hydrogen (secondary N) is 1. The van der Waals surface area contributed by atoms with Gasteiger partial charge in [-0.3, -0.25) is 0 Å². The van der Waals surface area contributed by atoms with Crippen molar-refractivity contribution in [3.8, 4) is 11.5 Å². The first-order chi connectivity index (χ1) is 11.8. The van der Waals surface area contributed by atoms with Crippen LogP contribution in [-0.4, -0.2) is 16.8 Å². The average molecular weight is 339 g/mol. The van der Waals surface area contributed by atoms with Crippen LogP contribution in [-0.2, 0) is 19.3 Å². The Bertz CT molecular complexity index is 951. The van der Waals surface area contributed by atoms with Gasteiger partial charge in [-0.2, -0.15) is 0 Å². The smallest absolute Gasteiger partial charge is 0.231 e. The molecule has 0 atom stereocenters. The molecule has 0 amide bonds. The summed E-state index contributed by atoms with van der Waals surface area (Å²) in [6.07, 6.45) is 4.35. The third-order valence-corrected chi connectivity index (χ3v) is 5.75. The highest BCUT2D eigenvalue weighted by molar-refractivity contribution is 7.19. The molecule has 3 aromatic rings. The normalized spacial score (nSPS) is 15.0. The molecule has 122 valence electrons. The topological polar surface area (TPSA) is 56.3 Å². The molecule has 1 aliphatic heterocycles. The van der Waals surface area contributed by atoms with E-state index >= 15 is 0 Å². The van der Waals surface area contributed by atoms with Crippen LogP contribution in [0.1, 0.15) is 29.6 Å². The molecule has 2 aliphatic rings. The maximum absolute atomic E-state index is 5.48. The van der Waals surface area contributed by atoms with Crippen molar-refractivity contribution in [1.29, 1.82) is 0 Å². The summed E-state index contributed by atoms with van der Waals surface area (Å²) in [5, 5.41) is 4.68. The molecule has 0 bridgehead atoms. The fraction of sp³-hybridized carbons (Fsp3) is 0.333. The van der Waals surface area contributed by atoms with Gasteiger partial charge in [0, 0.05) is 23.1 Å². The second kappa shape index (κ2) is 5.34. The van der Waals surface area contributed by atoms with E-state index in [0.717, 1.165) is 46.5 Å². The van der Waals surface area contributed by atoms with Gasteiger partial charge in [-0.25, -0.2) is 9.97 Å². The van der Waals surface area contributed by atoms with Crippen LogP contribution in [0.5, 0.6) is 11.5 Å². The molecule has 6 heteroatoms. The summed E-state index contributed by atoms with van der Waals surface area (Å²) < 4.78 is 10.9. The second-order valence-electron chi connectivity index (χ2n) is 6.07. The van der Waals surface area contributed by atoms with Crippen LogP contribution in [0, 0.1) is 0 Å². The fourth-order valence-electron chi connectivity index (χ4n) is 3.40. The second-order valence-corrected chi connectivity index (χ2v) is 7.16. The van der Waals surface area contributed by atoms with E-state index in [1.165, 1.54) is 28.7 Å². The molecule has 2 aromatic heterocycles. The Morgan fingerprint density at radius 3 is 3.00 bits per heavy atom. The number of ether oxygens (including phenoxy) is 2. The van der Waals surface area contributed by atoms with Crippen LogP contribution in [0.3, 0.4) is 0 Å². The van der Waals surface area contributed by atoms with Gasteiger partial charge in [-0.05, 0) is 37.0 Å². The lowest BCUT2D eigenvalue weighted by atomic mass is 10.2. The van der Waals surface area contributed by atoms with Gasteiger partial charge in [-0.15, -0.1) is 11.3 Å². The molecular weight excluding hydrogens is 322 g/mol. The third kappa shape index (κ3) is 2.13. The molecule has 3 heterocycles. The Hall–Kier alpha value is -2.34. The van der Waals surface area contributed by atoms with Crippen molar-refractivity contribution in [2.45, 2.75) is 32.6 Å². The molecule has 24 heavy (non-hydrogen) atoms. The molecule has 1 aliphatic carbocycles. The van der Waals surface area contributed by atoms with E-state index in [2.05, 4.69) is 12.2 Å². The monoisotopic (exact) mass is 339 g/mol. The maximum Gasteiger partial charge on any atom is 0.231 e. The van der Waals surface area contributed by atoms with Crippen molar-refractivity contribution < 1.29 is 9.47 Å². The Balaban J connectivity index is 1.62. The highest BCUT2D eigenvalue weighted by atomic mass is 32.1. The number of aryl methyl sites for hydroxylation is 3. The van der Waals surface area contributed by atoms with E-state index in [1.807, 2.05) is 29.5 Å². The van der Waals surface area contributed by atoms with Gasteiger partial charge >= 0.3 is 0 Å². The van der Waals surface area contributed by atoms with Gasteiger partial charge in [0.25, 0.3) is 0 Å². The van der Waals surface area contributed by atoms with E-state index in [0.29, 0.717) is 0 Å². The van der Waals surface area contributed by atoms with Crippen LogP contribution in [0.4, 0.5) is 11.5 Å². The zero-order chi connectivity index (χ0) is 16.1. The van der Waals surface area contributed by atoms with Crippen molar-refractivity contribution in [1.82, 2.24) is 9.97 Å². The Morgan fingerprint density at radius 1 is 1.17 bits per heavy atom. The molecule has 0 saturated carbocycles. The predicted molar refractivity (Wildman–Crippen MR) is 94.7 cm³/mol. The van der Waals surface area contributed by atoms with Gasteiger partial charge in [0.05, 0.1) is 5.39 Å². The standard InChI is InChI=1S/C18H17N3O2S/c1-2-15-20-17(16-11-4-3-5-14(11)24-18(16)21-15)19-10-6-7-12-13(8-10)23-9-22-12/h6-8H,2-5,9H2,1H3,(H,19,20,21). The van der Waals surface area contributed by atoms with Gasteiger partial charge in [-0.1, -0.05) is 6.92 Å². The third-order valence-electron chi connectivity index (χ3n) is 4.56. The molecule has 0 unspecified atom stereocenters. The fourth-order valence-corrected chi connectivity index (χ4v) is 4.68. The molecule has 0 spiro atoms. The minimum absolute atomic E-state index is 0.286. The SMILES string of the molecule is CCc1nc(Nc2ccc3c(c2)OCO3)c2c3c(sc2n1)CCC3. The highest BCUT2D eigenvalue weighted by Crippen LogP contribution is 2.41. The number of benzene rings is 1. The first-order valence-corrected chi connectivity index (χ1v) is 9.11. The molecule has 5 rings (SSSR count). The van der Waals surface area contributed by atoms with E-state index in [4.69, 9.17) is 19.4 Å². The summed E-state index contributed by atoms with van der Waals surface area (Å²) in [6, 6.07) is 5.90. The summed E-state index contributed by atoms with van der Waals surface area (Å²) >= 11 is 1.82. The Morgan fingerprint density at radius 2 is 2.08 bits per heavy atom. The minimum atomic E-state index is 0.286. The lowest BCUT2D eigenvalue weighted by Gasteiger charge is -2.10. The van der Waals surface area contributed by atoms with Gasteiger partial charge < -0.3 is 14.8 Å². The quantitative estimate of drug-likeness (QED) is 0.774. The lowest BCUT2D eigenvalue weighted by molar-refractivity contribution is 0.174. The molecule has 1 N–H and O–H groups in total. The number of anilines is 2. The van der Waals surface area contributed by atoms with Gasteiger partial charge in [0.15, 0.2) is 11.5 Å². The van der Waals surface area contributed by atoms with Crippen LogP contribution < -0.4 is 14.8 Å². The van der Waals surface area contributed by atoms with E-state index in [1.54, 1.807) is 0 Å². The number of hydrogen-bond acceptors (Lipinski definition) is 6. The number of thiophene rings is 1. The van der Waals surface area contributed by atoms with Crippen LogP contribution in [0.2, 0.25) is 0 Å². The molecular formula is C18H17N3O2S. The number of nitrogens with zero attached hydrogens (tertiary/aromatic N) is 2. The Kier molecular flexibility index (Phi) is 3.13. The first-order valence-electron chi connectivity index (χ1n) is 8.29.